The van der Waals surface area contributed by atoms with Gasteiger partial charge in [0.2, 0.25) is 0 Å². The van der Waals surface area contributed by atoms with Crippen molar-refractivity contribution in [1.82, 2.24) is 20.0 Å². The molecule has 2 fully saturated rings. The SMILES string of the molecule is [2H]C([2H])([2H])n1nc(C(=O)NC2C[C@H]3CCC[C@@H](C2)N3C)c2ccccc21. The van der Waals surface area contributed by atoms with E-state index in [-0.39, 0.29) is 17.6 Å². The fourth-order valence-electron chi connectivity index (χ4n) is 4.22. The first-order chi connectivity index (χ1) is 12.3. The van der Waals surface area contributed by atoms with Crippen LogP contribution in [0.15, 0.2) is 24.3 Å². The minimum absolute atomic E-state index is 0.116. The molecule has 1 aromatic carbocycles. The topological polar surface area (TPSA) is 50.2 Å². The third-order valence-electron chi connectivity index (χ3n) is 5.48. The number of hydrogen-bond acceptors (Lipinski definition) is 3. The van der Waals surface area contributed by atoms with Crippen LogP contribution in [0.3, 0.4) is 0 Å². The van der Waals surface area contributed by atoms with Crippen molar-refractivity contribution in [3.05, 3.63) is 30.0 Å². The molecule has 1 N–H and O–H groups in total. The van der Waals surface area contributed by atoms with Gasteiger partial charge in [0, 0.05) is 34.6 Å². The first-order valence-electron chi connectivity index (χ1n) is 9.85. The van der Waals surface area contributed by atoms with Gasteiger partial charge in [0.1, 0.15) is 0 Å². The van der Waals surface area contributed by atoms with E-state index in [4.69, 9.17) is 4.11 Å². The Bertz CT molecular complexity index is 817. The molecule has 2 aliphatic rings. The summed E-state index contributed by atoms with van der Waals surface area (Å²) in [4.78, 5) is 15.3. The van der Waals surface area contributed by atoms with E-state index in [1.165, 1.54) is 19.3 Å². The van der Waals surface area contributed by atoms with Gasteiger partial charge in [-0.1, -0.05) is 24.6 Å². The number of aryl methyl sites for hydroxylation is 1. The second kappa shape index (κ2) is 5.64. The van der Waals surface area contributed by atoms with Gasteiger partial charge in [-0.05, 0) is 38.8 Å². The summed E-state index contributed by atoms with van der Waals surface area (Å²) in [6.45, 7) is -2.41. The Morgan fingerprint density at radius 2 is 2.04 bits per heavy atom. The van der Waals surface area contributed by atoms with Gasteiger partial charge in [0.15, 0.2) is 5.69 Å². The normalized spacial score (nSPS) is 30.5. The van der Waals surface area contributed by atoms with E-state index in [9.17, 15) is 4.79 Å². The second-order valence-electron chi connectivity index (χ2n) is 6.82. The van der Waals surface area contributed by atoms with Crippen LogP contribution in [0.1, 0.15) is 46.7 Å². The standard InChI is InChI=1S/C18H24N4O/c1-21-13-6-5-7-14(21)11-12(10-13)19-18(23)17-15-8-3-4-9-16(15)22(2)20-17/h3-4,8-9,12-14H,5-7,10-11H2,1-2H3,(H,19,23)/t12?,13-,14+/i2D3. The Morgan fingerprint density at radius 1 is 1.30 bits per heavy atom. The number of benzene rings is 1. The van der Waals surface area contributed by atoms with Gasteiger partial charge in [0.05, 0.1) is 5.52 Å². The molecular formula is C18H24N4O. The zero-order valence-corrected chi connectivity index (χ0v) is 13.3. The van der Waals surface area contributed by atoms with Crippen molar-refractivity contribution >= 4 is 16.8 Å². The molecule has 2 bridgehead atoms. The van der Waals surface area contributed by atoms with Crippen LogP contribution >= 0.6 is 0 Å². The number of rotatable bonds is 2. The first-order valence-corrected chi connectivity index (χ1v) is 8.35. The highest BCUT2D eigenvalue weighted by Gasteiger charge is 2.36. The van der Waals surface area contributed by atoms with Crippen molar-refractivity contribution in [2.45, 2.75) is 50.2 Å². The molecule has 2 saturated heterocycles. The van der Waals surface area contributed by atoms with E-state index in [1.807, 2.05) is 0 Å². The Balaban J connectivity index is 1.59. The van der Waals surface area contributed by atoms with E-state index >= 15 is 0 Å². The van der Waals surface area contributed by atoms with E-state index in [1.54, 1.807) is 24.3 Å². The molecule has 3 heterocycles. The number of carbonyl (C=O) groups excluding carboxylic acids is 1. The molecule has 2 aliphatic heterocycles. The average molecular weight is 315 g/mol. The summed E-state index contributed by atoms with van der Waals surface area (Å²) >= 11 is 0. The lowest BCUT2D eigenvalue weighted by molar-refractivity contribution is 0.0462. The molecule has 2 aromatic rings. The molecule has 1 unspecified atom stereocenters. The largest absolute Gasteiger partial charge is 0.348 e. The van der Waals surface area contributed by atoms with E-state index < -0.39 is 6.98 Å². The zero-order chi connectivity index (χ0) is 18.5. The van der Waals surface area contributed by atoms with Crippen molar-refractivity contribution in [2.24, 2.45) is 6.98 Å². The minimum Gasteiger partial charge on any atom is -0.348 e. The van der Waals surface area contributed by atoms with Gasteiger partial charge in [-0.25, -0.2) is 0 Å². The molecule has 0 saturated carbocycles. The maximum absolute atomic E-state index is 12.9. The molecule has 1 amide bonds. The average Bonchev–Trinajstić information content (AvgIpc) is 2.96. The first kappa shape index (κ1) is 11.6. The highest BCUT2D eigenvalue weighted by molar-refractivity contribution is 6.04. The Labute approximate surface area is 140 Å². The minimum atomic E-state index is -2.41. The van der Waals surface area contributed by atoms with Crippen LogP contribution in [0, 0.1) is 0 Å². The van der Waals surface area contributed by atoms with Gasteiger partial charge in [-0.15, -0.1) is 0 Å². The molecule has 0 spiro atoms. The smallest absolute Gasteiger partial charge is 0.272 e. The third kappa shape index (κ3) is 2.53. The fraction of sp³-hybridized carbons (Fsp3) is 0.556. The number of carbonyl (C=O) groups is 1. The van der Waals surface area contributed by atoms with Crippen LogP contribution in [0.4, 0.5) is 0 Å². The summed E-state index contributed by atoms with van der Waals surface area (Å²) in [6, 6.07) is 8.14. The highest BCUT2D eigenvalue weighted by atomic mass is 16.2. The number of nitrogens with zero attached hydrogens (tertiary/aromatic N) is 3. The van der Waals surface area contributed by atoms with Crippen LogP contribution in [0.2, 0.25) is 0 Å². The predicted molar refractivity (Wildman–Crippen MR) is 90.4 cm³/mol. The zero-order valence-electron chi connectivity index (χ0n) is 16.3. The van der Waals surface area contributed by atoms with Crippen molar-refractivity contribution in [2.75, 3.05) is 7.05 Å². The second-order valence-corrected chi connectivity index (χ2v) is 6.82. The van der Waals surface area contributed by atoms with Crippen LogP contribution in [-0.2, 0) is 6.98 Å². The lowest BCUT2D eigenvalue weighted by Crippen LogP contribution is -2.55. The van der Waals surface area contributed by atoms with E-state index in [2.05, 4.69) is 22.4 Å². The van der Waals surface area contributed by atoms with Crippen molar-refractivity contribution < 1.29 is 8.91 Å². The van der Waals surface area contributed by atoms with Crippen LogP contribution < -0.4 is 5.32 Å². The summed E-state index contributed by atoms with van der Waals surface area (Å²) in [6.07, 6.45) is 5.49. The Hall–Kier alpha value is -1.88. The van der Waals surface area contributed by atoms with Crippen molar-refractivity contribution in [3.63, 3.8) is 0 Å². The Kier molecular flexibility index (Phi) is 2.85. The lowest BCUT2D eigenvalue weighted by atomic mass is 9.82. The van der Waals surface area contributed by atoms with Crippen LogP contribution in [0.25, 0.3) is 10.9 Å². The van der Waals surface area contributed by atoms with E-state index in [0.717, 1.165) is 17.5 Å². The molecule has 122 valence electrons. The van der Waals surface area contributed by atoms with E-state index in [0.29, 0.717) is 23.0 Å². The quantitative estimate of drug-likeness (QED) is 0.925. The lowest BCUT2D eigenvalue weighted by Gasteiger charge is -2.47. The number of nitrogens with one attached hydrogen (secondary N) is 1. The highest BCUT2D eigenvalue weighted by Crippen LogP contribution is 2.32. The van der Waals surface area contributed by atoms with Gasteiger partial charge in [-0.2, -0.15) is 5.10 Å². The Morgan fingerprint density at radius 3 is 2.78 bits per heavy atom. The third-order valence-corrected chi connectivity index (χ3v) is 5.48. The molecule has 23 heavy (non-hydrogen) atoms. The van der Waals surface area contributed by atoms with Gasteiger partial charge < -0.3 is 10.2 Å². The van der Waals surface area contributed by atoms with Gasteiger partial charge in [0.25, 0.3) is 5.91 Å². The molecule has 3 atom stereocenters. The molecule has 1 aromatic heterocycles. The molecule has 5 heteroatoms. The maximum atomic E-state index is 12.9. The molecule has 0 aliphatic carbocycles. The molecule has 5 nitrogen and oxygen atoms in total. The van der Waals surface area contributed by atoms with Crippen LogP contribution in [-0.4, -0.2) is 45.8 Å². The van der Waals surface area contributed by atoms with Crippen molar-refractivity contribution in [3.8, 4) is 0 Å². The summed E-state index contributed by atoms with van der Waals surface area (Å²) < 4.78 is 24.0. The maximum Gasteiger partial charge on any atom is 0.272 e. The summed E-state index contributed by atoms with van der Waals surface area (Å²) in [5.41, 5.74) is 0.652. The predicted octanol–water partition coefficient (Wildman–Crippen LogP) is 2.32. The van der Waals surface area contributed by atoms with Gasteiger partial charge in [-0.3, -0.25) is 9.48 Å². The summed E-state index contributed by atoms with van der Waals surface area (Å²) in [7, 11) is 2.18. The molecule has 4 rings (SSSR count). The fourth-order valence-corrected chi connectivity index (χ4v) is 4.22. The number of para-hydroxylation sites is 1. The van der Waals surface area contributed by atoms with Gasteiger partial charge >= 0.3 is 0 Å². The number of aromatic nitrogens is 2. The number of amides is 1. The van der Waals surface area contributed by atoms with Crippen LogP contribution in [0.5, 0.6) is 0 Å². The number of hydrogen-bond donors (Lipinski definition) is 1. The molecule has 0 radical (unpaired) electrons. The number of fused-ring (bicyclic) bond motifs is 3. The summed E-state index contributed by atoms with van der Waals surface area (Å²) in [5.74, 6) is -0.281. The molecular weight excluding hydrogens is 288 g/mol. The monoisotopic (exact) mass is 315 g/mol. The summed E-state index contributed by atoms with van der Waals surface area (Å²) in [5, 5.41) is 7.84. The van der Waals surface area contributed by atoms with Crippen molar-refractivity contribution in [1.29, 1.82) is 0 Å². The number of piperidine rings is 2.